The summed E-state index contributed by atoms with van der Waals surface area (Å²) in [5, 5.41) is 9.77. The minimum Gasteiger partial charge on any atom is -0.368 e. The highest BCUT2D eigenvalue weighted by Gasteiger charge is 2.32. The van der Waals surface area contributed by atoms with E-state index >= 15 is 0 Å². The smallest absolute Gasteiger partial charge is 0.368 e. The van der Waals surface area contributed by atoms with E-state index in [2.05, 4.69) is 15.5 Å². The van der Waals surface area contributed by atoms with E-state index in [1.54, 1.807) is 0 Å². The number of nitrogens with one attached hydrogen (secondary N) is 1. The summed E-state index contributed by atoms with van der Waals surface area (Å²) in [7, 11) is 0. The molecule has 0 aliphatic carbocycles. The van der Waals surface area contributed by atoms with E-state index in [1.165, 1.54) is 6.07 Å². The first-order valence-corrected chi connectivity index (χ1v) is 6.49. The second kappa shape index (κ2) is 5.71. The molecular weight excluding hydrogens is 279 g/mol. The Kier molecular flexibility index (Phi) is 4.16. The first kappa shape index (κ1) is 15.3. The Hall–Kier alpha value is -2.11. The summed E-state index contributed by atoms with van der Waals surface area (Å²) in [4.78, 5) is 0. The molecule has 0 aliphatic rings. The molecule has 6 heteroatoms. The minimum absolute atomic E-state index is 0.175. The molecule has 21 heavy (non-hydrogen) atoms. The molecule has 3 nitrogen and oxygen atoms in total. The van der Waals surface area contributed by atoms with Crippen LogP contribution in [0, 0.1) is 0 Å². The molecule has 1 N–H and O–H groups in total. The number of hydrogen-bond acceptors (Lipinski definition) is 3. The predicted octanol–water partition coefficient (Wildman–Crippen LogP) is 3.89. The van der Waals surface area contributed by atoms with Crippen LogP contribution in [0.3, 0.4) is 0 Å². The van der Waals surface area contributed by atoms with Crippen molar-refractivity contribution in [1.82, 2.24) is 10.2 Å². The quantitative estimate of drug-likeness (QED) is 0.930. The molecule has 0 spiro atoms. The lowest BCUT2D eigenvalue weighted by Gasteiger charge is -2.25. The number of halogens is 3. The molecule has 1 aromatic heterocycles. The second-order valence-electron chi connectivity index (χ2n) is 5.41. The highest BCUT2D eigenvalue weighted by molar-refractivity contribution is 5.36. The van der Waals surface area contributed by atoms with Crippen molar-refractivity contribution in [3.63, 3.8) is 0 Å². The number of rotatable bonds is 4. The SMILES string of the molecule is CC(C)(CNc1ccc(C(F)(F)F)nn1)c1ccccc1. The number of alkyl halides is 3. The summed E-state index contributed by atoms with van der Waals surface area (Å²) in [5.41, 5.74) is -0.0289. The average Bonchev–Trinajstić information content (AvgIpc) is 2.46. The Morgan fingerprint density at radius 3 is 2.14 bits per heavy atom. The maximum absolute atomic E-state index is 12.4. The van der Waals surface area contributed by atoms with Gasteiger partial charge in [-0.1, -0.05) is 44.2 Å². The van der Waals surface area contributed by atoms with Crippen LogP contribution >= 0.6 is 0 Å². The Balaban J connectivity index is 2.03. The molecule has 1 aromatic carbocycles. The first-order chi connectivity index (χ1) is 9.79. The van der Waals surface area contributed by atoms with Crippen molar-refractivity contribution in [2.24, 2.45) is 0 Å². The molecule has 112 valence electrons. The second-order valence-corrected chi connectivity index (χ2v) is 5.41. The lowest BCUT2D eigenvalue weighted by Crippen LogP contribution is -2.28. The highest BCUT2D eigenvalue weighted by atomic mass is 19.4. The maximum atomic E-state index is 12.4. The van der Waals surface area contributed by atoms with E-state index in [9.17, 15) is 13.2 Å². The molecule has 0 saturated carbocycles. The molecule has 0 aliphatic heterocycles. The van der Waals surface area contributed by atoms with Crippen LogP contribution in [0.15, 0.2) is 42.5 Å². The van der Waals surface area contributed by atoms with Crippen LogP contribution < -0.4 is 5.32 Å². The Morgan fingerprint density at radius 2 is 1.62 bits per heavy atom. The predicted molar refractivity (Wildman–Crippen MR) is 75.0 cm³/mol. The summed E-state index contributed by atoms with van der Waals surface area (Å²) in [6.45, 7) is 4.64. The van der Waals surface area contributed by atoms with Gasteiger partial charge in [0.1, 0.15) is 5.82 Å². The average molecular weight is 295 g/mol. The molecule has 0 bridgehead atoms. The van der Waals surface area contributed by atoms with Gasteiger partial charge in [-0.05, 0) is 17.7 Å². The van der Waals surface area contributed by atoms with E-state index in [0.29, 0.717) is 12.4 Å². The van der Waals surface area contributed by atoms with Gasteiger partial charge in [0.15, 0.2) is 5.69 Å². The van der Waals surface area contributed by atoms with Gasteiger partial charge in [-0.2, -0.15) is 13.2 Å². The molecular formula is C15H16F3N3. The molecule has 0 fully saturated rings. The molecule has 2 aromatic rings. The van der Waals surface area contributed by atoms with Gasteiger partial charge >= 0.3 is 6.18 Å². The summed E-state index contributed by atoms with van der Waals surface area (Å²) in [5.74, 6) is 0.326. The van der Waals surface area contributed by atoms with Gasteiger partial charge in [0.2, 0.25) is 0 Å². The van der Waals surface area contributed by atoms with E-state index < -0.39 is 11.9 Å². The van der Waals surface area contributed by atoms with E-state index in [0.717, 1.165) is 11.6 Å². The Morgan fingerprint density at radius 1 is 0.952 bits per heavy atom. The fraction of sp³-hybridized carbons (Fsp3) is 0.333. The van der Waals surface area contributed by atoms with Crippen LogP contribution in [0.5, 0.6) is 0 Å². The molecule has 0 atom stereocenters. The summed E-state index contributed by atoms with van der Waals surface area (Å²) < 4.78 is 37.2. The zero-order valence-corrected chi connectivity index (χ0v) is 11.8. The number of benzene rings is 1. The van der Waals surface area contributed by atoms with Gasteiger partial charge < -0.3 is 5.32 Å². The molecule has 0 radical (unpaired) electrons. The number of anilines is 1. The summed E-state index contributed by atoms with van der Waals surface area (Å²) >= 11 is 0. The van der Waals surface area contributed by atoms with Crippen LogP contribution in [0.2, 0.25) is 0 Å². The number of nitrogens with zero attached hydrogens (tertiary/aromatic N) is 2. The van der Waals surface area contributed by atoms with Crippen molar-refractivity contribution >= 4 is 5.82 Å². The Labute approximate surface area is 121 Å². The molecule has 0 unspecified atom stereocenters. The molecule has 0 saturated heterocycles. The number of aromatic nitrogens is 2. The maximum Gasteiger partial charge on any atom is 0.435 e. The fourth-order valence-corrected chi connectivity index (χ4v) is 1.88. The van der Waals surface area contributed by atoms with Gasteiger partial charge in [0.05, 0.1) is 0 Å². The van der Waals surface area contributed by atoms with E-state index in [4.69, 9.17) is 0 Å². The molecule has 1 heterocycles. The normalized spacial score (nSPS) is 12.2. The molecule has 2 rings (SSSR count). The monoisotopic (exact) mass is 295 g/mol. The van der Waals surface area contributed by atoms with Crippen LogP contribution in [-0.4, -0.2) is 16.7 Å². The third-order valence-electron chi connectivity index (χ3n) is 3.22. The fourth-order valence-electron chi connectivity index (χ4n) is 1.88. The zero-order valence-electron chi connectivity index (χ0n) is 11.8. The summed E-state index contributed by atoms with van der Waals surface area (Å²) in [6.07, 6.45) is -4.46. The summed E-state index contributed by atoms with van der Waals surface area (Å²) in [6, 6.07) is 12.1. The first-order valence-electron chi connectivity index (χ1n) is 6.49. The van der Waals surface area contributed by atoms with Gasteiger partial charge in [0.25, 0.3) is 0 Å². The van der Waals surface area contributed by atoms with Crippen LogP contribution in [0.1, 0.15) is 25.1 Å². The van der Waals surface area contributed by atoms with Crippen LogP contribution in [0.25, 0.3) is 0 Å². The standard InChI is InChI=1S/C15H16F3N3/c1-14(2,11-6-4-3-5-7-11)10-19-13-9-8-12(20-21-13)15(16,17)18/h3-9H,10H2,1-2H3,(H,19,21). The van der Waals surface area contributed by atoms with Crippen molar-refractivity contribution < 1.29 is 13.2 Å². The lowest BCUT2D eigenvalue weighted by molar-refractivity contribution is -0.141. The third-order valence-corrected chi connectivity index (χ3v) is 3.22. The van der Waals surface area contributed by atoms with Crippen molar-refractivity contribution in [3.8, 4) is 0 Å². The highest BCUT2D eigenvalue weighted by Crippen LogP contribution is 2.27. The van der Waals surface area contributed by atoms with Crippen molar-refractivity contribution in [2.45, 2.75) is 25.4 Å². The van der Waals surface area contributed by atoms with Gasteiger partial charge in [-0.15, -0.1) is 10.2 Å². The third kappa shape index (κ3) is 3.93. The van der Waals surface area contributed by atoms with Crippen LogP contribution in [0.4, 0.5) is 19.0 Å². The van der Waals surface area contributed by atoms with Gasteiger partial charge in [-0.3, -0.25) is 0 Å². The van der Waals surface area contributed by atoms with Crippen molar-refractivity contribution in [2.75, 3.05) is 11.9 Å². The molecule has 0 amide bonds. The van der Waals surface area contributed by atoms with Crippen LogP contribution in [-0.2, 0) is 11.6 Å². The van der Waals surface area contributed by atoms with E-state index in [-0.39, 0.29) is 5.41 Å². The Bertz CT molecular complexity index is 577. The van der Waals surface area contributed by atoms with Crippen molar-refractivity contribution in [3.05, 3.63) is 53.7 Å². The van der Waals surface area contributed by atoms with Gasteiger partial charge in [-0.25, -0.2) is 0 Å². The van der Waals surface area contributed by atoms with E-state index in [1.807, 2.05) is 44.2 Å². The topological polar surface area (TPSA) is 37.8 Å². The largest absolute Gasteiger partial charge is 0.435 e. The van der Waals surface area contributed by atoms with Gasteiger partial charge in [0, 0.05) is 12.0 Å². The minimum atomic E-state index is -4.46. The zero-order chi connectivity index (χ0) is 15.5. The van der Waals surface area contributed by atoms with Crippen molar-refractivity contribution in [1.29, 1.82) is 0 Å². The lowest BCUT2D eigenvalue weighted by atomic mass is 9.85. The number of hydrogen-bond donors (Lipinski definition) is 1.